The molecule has 2 aromatic rings. The van der Waals surface area contributed by atoms with E-state index >= 15 is 0 Å². The fraction of sp³-hybridized carbons (Fsp3) is 0.421. The molecule has 1 unspecified atom stereocenters. The van der Waals surface area contributed by atoms with E-state index in [0.29, 0.717) is 13.1 Å². The summed E-state index contributed by atoms with van der Waals surface area (Å²) in [5.41, 5.74) is 1.05. The van der Waals surface area contributed by atoms with Crippen LogP contribution in [0.4, 0.5) is 5.82 Å². The average molecular weight is 339 g/mol. The smallest absolute Gasteiger partial charge is 0.244 e. The molecule has 0 N–H and O–H groups in total. The van der Waals surface area contributed by atoms with Crippen LogP contribution in [0.15, 0.2) is 48.7 Å². The number of hydrogen-bond acceptors (Lipinski definition) is 5. The zero-order valence-electron chi connectivity index (χ0n) is 14.9. The molecule has 132 valence electrons. The fourth-order valence-corrected chi connectivity index (χ4v) is 3.19. The lowest BCUT2D eigenvalue weighted by Crippen LogP contribution is -2.52. The van der Waals surface area contributed by atoms with Crippen LogP contribution in [0.3, 0.4) is 0 Å². The Morgan fingerprint density at radius 1 is 1.12 bits per heavy atom. The van der Waals surface area contributed by atoms with Gasteiger partial charge in [-0.2, -0.15) is 5.10 Å². The van der Waals surface area contributed by atoms with Crippen molar-refractivity contribution in [1.29, 1.82) is 0 Å². The predicted molar refractivity (Wildman–Crippen MR) is 98.3 cm³/mol. The number of rotatable bonds is 5. The lowest BCUT2D eigenvalue weighted by atomic mass is 10.0. The van der Waals surface area contributed by atoms with Gasteiger partial charge in [-0.1, -0.05) is 37.3 Å². The van der Waals surface area contributed by atoms with Crippen molar-refractivity contribution in [2.45, 2.75) is 13.0 Å². The number of hydrogen-bond donors (Lipinski definition) is 0. The molecule has 0 saturated carbocycles. The first kappa shape index (κ1) is 17.4. The van der Waals surface area contributed by atoms with E-state index in [1.807, 2.05) is 54.4 Å². The topological polar surface area (TPSA) is 52.6 Å². The molecule has 1 aromatic heterocycles. The highest BCUT2D eigenvalue weighted by atomic mass is 16.2. The number of aromatic nitrogens is 2. The summed E-state index contributed by atoms with van der Waals surface area (Å²) in [4.78, 5) is 19.4. The van der Waals surface area contributed by atoms with Crippen molar-refractivity contribution in [3.05, 3.63) is 54.2 Å². The van der Waals surface area contributed by atoms with Gasteiger partial charge in [-0.3, -0.25) is 9.69 Å². The number of benzene rings is 1. The Labute approximate surface area is 149 Å². The quantitative estimate of drug-likeness (QED) is 0.832. The summed E-state index contributed by atoms with van der Waals surface area (Å²) in [7, 11) is 2.01. The van der Waals surface area contributed by atoms with Gasteiger partial charge in [0, 0.05) is 32.4 Å². The average Bonchev–Trinajstić information content (AvgIpc) is 2.69. The molecule has 1 amide bonds. The maximum Gasteiger partial charge on any atom is 0.244 e. The molecule has 1 atom stereocenters. The van der Waals surface area contributed by atoms with Crippen molar-refractivity contribution in [3.8, 4) is 0 Å². The second-order valence-electron chi connectivity index (χ2n) is 6.28. The van der Waals surface area contributed by atoms with E-state index in [2.05, 4.69) is 26.9 Å². The molecule has 6 nitrogen and oxygen atoms in total. The molecule has 25 heavy (non-hydrogen) atoms. The maximum absolute atomic E-state index is 13.2. The Hall–Kier alpha value is -2.47. The summed E-state index contributed by atoms with van der Waals surface area (Å²) in [5, 5.41) is 8.10. The third-order valence-electron chi connectivity index (χ3n) is 4.76. The minimum Gasteiger partial charge on any atom is -0.352 e. The van der Waals surface area contributed by atoms with Gasteiger partial charge < -0.3 is 9.80 Å². The SMILES string of the molecule is CCN(C)C(C(=O)N1CCN(c2cccnn2)CC1)c1ccccc1. The van der Waals surface area contributed by atoms with Gasteiger partial charge in [-0.15, -0.1) is 5.10 Å². The summed E-state index contributed by atoms with van der Waals surface area (Å²) in [6.07, 6.45) is 1.67. The molecule has 3 rings (SSSR count). The molecule has 1 aliphatic heterocycles. The zero-order chi connectivity index (χ0) is 17.6. The van der Waals surface area contributed by atoms with Gasteiger partial charge in [0.2, 0.25) is 5.91 Å². The summed E-state index contributed by atoms with van der Waals surface area (Å²) in [6, 6.07) is 13.7. The van der Waals surface area contributed by atoms with Gasteiger partial charge in [0.25, 0.3) is 0 Å². The minimum atomic E-state index is -0.228. The largest absolute Gasteiger partial charge is 0.352 e. The van der Waals surface area contributed by atoms with Crippen molar-refractivity contribution < 1.29 is 4.79 Å². The van der Waals surface area contributed by atoms with Crippen molar-refractivity contribution >= 4 is 11.7 Å². The molecule has 6 heteroatoms. The van der Waals surface area contributed by atoms with Crippen LogP contribution >= 0.6 is 0 Å². The minimum absolute atomic E-state index is 0.175. The molecule has 1 fully saturated rings. The Morgan fingerprint density at radius 2 is 1.84 bits per heavy atom. The first-order chi connectivity index (χ1) is 12.2. The van der Waals surface area contributed by atoms with Crippen molar-refractivity contribution in [2.24, 2.45) is 0 Å². The van der Waals surface area contributed by atoms with Crippen molar-refractivity contribution in [1.82, 2.24) is 20.0 Å². The third-order valence-corrected chi connectivity index (χ3v) is 4.76. The monoisotopic (exact) mass is 339 g/mol. The van der Waals surface area contributed by atoms with E-state index in [-0.39, 0.29) is 11.9 Å². The fourth-order valence-electron chi connectivity index (χ4n) is 3.19. The second-order valence-corrected chi connectivity index (χ2v) is 6.28. The number of likely N-dealkylation sites (N-methyl/N-ethyl adjacent to an activating group) is 1. The van der Waals surface area contributed by atoms with Gasteiger partial charge in [-0.05, 0) is 31.3 Å². The van der Waals surface area contributed by atoms with E-state index in [1.165, 1.54) is 0 Å². The molecular weight excluding hydrogens is 314 g/mol. The molecule has 0 radical (unpaired) electrons. The highest BCUT2D eigenvalue weighted by molar-refractivity contribution is 5.83. The Bertz CT molecular complexity index is 671. The Morgan fingerprint density at radius 3 is 2.44 bits per heavy atom. The Kier molecular flexibility index (Phi) is 5.60. The van der Waals surface area contributed by atoms with E-state index in [1.54, 1.807) is 6.20 Å². The lowest BCUT2D eigenvalue weighted by Gasteiger charge is -2.38. The first-order valence-electron chi connectivity index (χ1n) is 8.77. The number of piperazine rings is 1. The van der Waals surface area contributed by atoms with Crippen LogP contribution < -0.4 is 4.90 Å². The number of anilines is 1. The maximum atomic E-state index is 13.2. The number of amides is 1. The molecule has 0 spiro atoms. The lowest BCUT2D eigenvalue weighted by molar-refractivity contribution is -0.137. The molecule has 2 heterocycles. The van der Waals surface area contributed by atoms with Crippen molar-refractivity contribution in [3.63, 3.8) is 0 Å². The molecule has 0 bridgehead atoms. The van der Waals surface area contributed by atoms with Crippen LogP contribution in [0.5, 0.6) is 0 Å². The van der Waals surface area contributed by atoms with Crippen molar-refractivity contribution in [2.75, 3.05) is 44.7 Å². The highest BCUT2D eigenvalue weighted by Crippen LogP contribution is 2.23. The van der Waals surface area contributed by atoms with Crippen LogP contribution in [0, 0.1) is 0 Å². The van der Waals surface area contributed by atoms with Crippen LogP contribution in [0.25, 0.3) is 0 Å². The van der Waals surface area contributed by atoms with Crippen LogP contribution in [-0.4, -0.2) is 65.7 Å². The van der Waals surface area contributed by atoms with E-state index in [0.717, 1.165) is 31.0 Å². The third kappa shape index (κ3) is 3.96. The van der Waals surface area contributed by atoms with E-state index in [9.17, 15) is 4.79 Å². The van der Waals surface area contributed by atoms with E-state index < -0.39 is 0 Å². The van der Waals surface area contributed by atoms with Gasteiger partial charge in [-0.25, -0.2) is 0 Å². The summed E-state index contributed by atoms with van der Waals surface area (Å²) >= 11 is 0. The highest BCUT2D eigenvalue weighted by Gasteiger charge is 2.31. The van der Waals surface area contributed by atoms with Gasteiger partial charge in [0.15, 0.2) is 5.82 Å². The zero-order valence-corrected chi connectivity index (χ0v) is 14.9. The summed E-state index contributed by atoms with van der Waals surface area (Å²) in [6.45, 7) is 5.87. The predicted octanol–water partition coefficient (Wildman–Crippen LogP) is 1.82. The molecule has 1 aromatic carbocycles. The Balaban J connectivity index is 1.69. The van der Waals surface area contributed by atoms with Crippen LogP contribution in [0.1, 0.15) is 18.5 Å². The first-order valence-corrected chi connectivity index (χ1v) is 8.77. The van der Waals surface area contributed by atoms with Gasteiger partial charge in [0.05, 0.1) is 0 Å². The van der Waals surface area contributed by atoms with Crippen LogP contribution in [-0.2, 0) is 4.79 Å². The molecule has 1 aliphatic rings. The number of nitrogens with zero attached hydrogens (tertiary/aromatic N) is 5. The second kappa shape index (κ2) is 8.07. The molecular formula is C19H25N5O. The molecule has 0 aliphatic carbocycles. The normalized spacial score (nSPS) is 16.1. The number of carbonyl (C=O) groups excluding carboxylic acids is 1. The van der Waals surface area contributed by atoms with Gasteiger partial charge >= 0.3 is 0 Å². The standard InChI is InChI=1S/C19H25N5O/c1-3-22(2)18(16-8-5-4-6-9-16)19(25)24-14-12-23(13-15-24)17-10-7-11-20-21-17/h4-11,18H,3,12-15H2,1-2H3. The number of carbonyl (C=O) groups is 1. The van der Waals surface area contributed by atoms with E-state index in [4.69, 9.17) is 0 Å². The summed E-state index contributed by atoms with van der Waals surface area (Å²) < 4.78 is 0. The van der Waals surface area contributed by atoms with Crippen LogP contribution in [0.2, 0.25) is 0 Å². The summed E-state index contributed by atoms with van der Waals surface area (Å²) in [5.74, 6) is 1.05. The van der Waals surface area contributed by atoms with Gasteiger partial charge in [0.1, 0.15) is 6.04 Å². The molecule has 1 saturated heterocycles.